The molecule has 1 aliphatic rings. The Balaban J connectivity index is 2.21. The standard InChI is InChI=1S/C17H16O4/c1-10-7-13-15(18)12-6-4-3-5-11(12)9-21-16(13)14(8-10)17(19)20-2/h3-8,15,18H,9H2,1-2H3. The number of carbonyl (C=O) groups excluding carboxylic acids is 1. The highest BCUT2D eigenvalue weighted by Crippen LogP contribution is 2.38. The molecular formula is C17H16O4. The molecule has 2 aromatic rings. The van der Waals surface area contributed by atoms with Gasteiger partial charge in [0, 0.05) is 5.56 Å². The zero-order valence-electron chi connectivity index (χ0n) is 11.9. The Kier molecular flexibility index (Phi) is 3.39. The van der Waals surface area contributed by atoms with Gasteiger partial charge in [-0.15, -0.1) is 0 Å². The fourth-order valence-electron chi connectivity index (χ4n) is 2.68. The molecule has 21 heavy (non-hydrogen) atoms. The van der Waals surface area contributed by atoms with Gasteiger partial charge in [0.15, 0.2) is 0 Å². The Morgan fingerprint density at radius 3 is 2.81 bits per heavy atom. The van der Waals surface area contributed by atoms with E-state index in [1.165, 1.54) is 7.11 Å². The Hall–Kier alpha value is -2.33. The average molecular weight is 284 g/mol. The van der Waals surface area contributed by atoms with Crippen LogP contribution >= 0.6 is 0 Å². The summed E-state index contributed by atoms with van der Waals surface area (Å²) >= 11 is 0. The van der Waals surface area contributed by atoms with Crippen molar-refractivity contribution in [1.29, 1.82) is 0 Å². The summed E-state index contributed by atoms with van der Waals surface area (Å²) in [4.78, 5) is 11.9. The first-order chi connectivity index (χ1) is 10.1. The fraction of sp³-hybridized carbons (Fsp3) is 0.235. The van der Waals surface area contributed by atoms with E-state index in [0.717, 1.165) is 16.7 Å². The van der Waals surface area contributed by atoms with Crippen LogP contribution in [-0.2, 0) is 11.3 Å². The van der Waals surface area contributed by atoms with E-state index in [4.69, 9.17) is 9.47 Å². The predicted molar refractivity (Wildman–Crippen MR) is 77.4 cm³/mol. The van der Waals surface area contributed by atoms with Gasteiger partial charge in [-0.1, -0.05) is 24.3 Å². The van der Waals surface area contributed by atoms with Crippen LogP contribution in [-0.4, -0.2) is 18.2 Å². The number of benzene rings is 2. The molecule has 0 saturated heterocycles. The van der Waals surface area contributed by atoms with Gasteiger partial charge in [-0.2, -0.15) is 0 Å². The molecule has 3 rings (SSSR count). The second kappa shape index (κ2) is 5.22. The molecule has 0 aliphatic carbocycles. The second-order valence-electron chi connectivity index (χ2n) is 5.11. The molecule has 108 valence electrons. The predicted octanol–water partition coefficient (Wildman–Crippen LogP) is 2.76. The molecule has 1 heterocycles. The normalized spacial score (nSPS) is 16.2. The number of aliphatic hydroxyl groups excluding tert-OH is 1. The number of aliphatic hydroxyl groups is 1. The molecule has 0 aromatic heterocycles. The van der Waals surface area contributed by atoms with Crippen molar-refractivity contribution in [3.05, 3.63) is 64.2 Å². The van der Waals surface area contributed by atoms with Crippen molar-refractivity contribution in [1.82, 2.24) is 0 Å². The van der Waals surface area contributed by atoms with Crippen LogP contribution in [0.25, 0.3) is 0 Å². The van der Waals surface area contributed by atoms with E-state index in [9.17, 15) is 9.90 Å². The maximum Gasteiger partial charge on any atom is 0.341 e. The summed E-state index contributed by atoms with van der Waals surface area (Å²) in [6.45, 7) is 2.18. The van der Waals surface area contributed by atoms with Crippen molar-refractivity contribution in [3.8, 4) is 5.75 Å². The number of esters is 1. The van der Waals surface area contributed by atoms with Gasteiger partial charge in [0.2, 0.25) is 0 Å². The van der Waals surface area contributed by atoms with Crippen molar-refractivity contribution in [2.75, 3.05) is 7.11 Å². The molecule has 1 unspecified atom stereocenters. The van der Waals surface area contributed by atoms with Gasteiger partial charge in [-0.3, -0.25) is 0 Å². The summed E-state index contributed by atoms with van der Waals surface area (Å²) in [5.41, 5.74) is 3.53. The third-order valence-corrected chi connectivity index (χ3v) is 3.68. The molecule has 0 radical (unpaired) electrons. The molecule has 4 nitrogen and oxygen atoms in total. The minimum absolute atomic E-state index is 0.313. The number of hydrogen-bond donors (Lipinski definition) is 1. The first-order valence-corrected chi connectivity index (χ1v) is 6.73. The summed E-state index contributed by atoms with van der Waals surface area (Å²) in [7, 11) is 1.33. The maximum atomic E-state index is 11.9. The first-order valence-electron chi connectivity index (χ1n) is 6.73. The number of carbonyl (C=O) groups is 1. The summed E-state index contributed by atoms with van der Waals surface area (Å²) in [5.74, 6) is -0.0655. The Labute approximate surface area is 122 Å². The van der Waals surface area contributed by atoms with Crippen LogP contribution in [0.4, 0.5) is 0 Å². The van der Waals surface area contributed by atoms with Crippen LogP contribution in [0.2, 0.25) is 0 Å². The summed E-state index contributed by atoms with van der Waals surface area (Å²) in [6.07, 6.45) is -0.818. The van der Waals surface area contributed by atoms with Crippen LogP contribution in [0.3, 0.4) is 0 Å². The molecule has 0 bridgehead atoms. The van der Waals surface area contributed by atoms with E-state index < -0.39 is 12.1 Å². The molecular weight excluding hydrogens is 268 g/mol. The van der Waals surface area contributed by atoms with Gasteiger partial charge in [0.05, 0.1) is 7.11 Å². The summed E-state index contributed by atoms with van der Waals surface area (Å²) in [5, 5.41) is 10.7. The molecule has 0 saturated carbocycles. The highest BCUT2D eigenvalue weighted by Gasteiger charge is 2.27. The molecule has 1 N–H and O–H groups in total. The number of fused-ring (bicyclic) bond motifs is 2. The number of hydrogen-bond acceptors (Lipinski definition) is 4. The minimum Gasteiger partial charge on any atom is -0.488 e. The number of ether oxygens (including phenoxy) is 2. The largest absolute Gasteiger partial charge is 0.488 e. The molecule has 0 amide bonds. The van der Waals surface area contributed by atoms with Crippen molar-refractivity contribution >= 4 is 5.97 Å². The summed E-state index contributed by atoms with van der Waals surface area (Å²) in [6, 6.07) is 11.1. The van der Waals surface area contributed by atoms with Crippen molar-refractivity contribution < 1.29 is 19.4 Å². The van der Waals surface area contributed by atoms with E-state index in [1.54, 1.807) is 6.07 Å². The zero-order valence-corrected chi connectivity index (χ0v) is 11.9. The number of rotatable bonds is 1. The summed E-state index contributed by atoms with van der Waals surface area (Å²) < 4.78 is 10.6. The minimum atomic E-state index is -0.818. The lowest BCUT2D eigenvalue weighted by molar-refractivity contribution is 0.0595. The van der Waals surface area contributed by atoms with Gasteiger partial charge in [-0.05, 0) is 35.7 Å². The molecule has 1 atom stereocenters. The Morgan fingerprint density at radius 2 is 2.05 bits per heavy atom. The van der Waals surface area contributed by atoms with Gasteiger partial charge in [0.1, 0.15) is 24.0 Å². The lowest BCUT2D eigenvalue weighted by Crippen LogP contribution is -2.08. The highest BCUT2D eigenvalue weighted by atomic mass is 16.5. The van der Waals surface area contributed by atoms with Crippen LogP contribution in [0.1, 0.15) is 38.7 Å². The van der Waals surface area contributed by atoms with Gasteiger partial charge >= 0.3 is 5.97 Å². The molecule has 0 fully saturated rings. The SMILES string of the molecule is COC(=O)c1cc(C)cc2c1OCc1ccccc1C2O. The van der Waals surface area contributed by atoms with Crippen molar-refractivity contribution in [2.24, 2.45) is 0 Å². The van der Waals surface area contributed by atoms with E-state index in [-0.39, 0.29) is 0 Å². The Morgan fingerprint density at radius 1 is 1.29 bits per heavy atom. The number of methoxy groups -OCH3 is 1. The van der Waals surface area contributed by atoms with Crippen molar-refractivity contribution in [3.63, 3.8) is 0 Å². The van der Waals surface area contributed by atoms with Crippen LogP contribution in [0.15, 0.2) is 36.4 Å². The van der Waals surface area contributed by atoms with Gasteiger partial charge in [0.25, 0.3) is 0 Å². The molecule has 2 aromatic carbocycles. The third kappa shape index (κ3) is 2.28. The molecule has 4 heteroatoms. The fourth-order valence-corrected chi connectivity index (χ4v) is 2.68. The average Bonchev–Trinajstić information content (AvgIpc) is 2.64. The van der Waals surface area contributed by atoms with Crippen molar-refractivity contribution in [2.45, 2.75) is 19.6 Å². The van der Waals surface area contributed by atoms with Crippen LogP contribution in [0.5, 0.6) is 5.75 Å². The monoisotopic (exact) mass is 284 g/mol. The lowest BCUT2D eigenvalue weighted by atomic mass is 9.94. The van der Waals surface area contributed by atoms with E-state index in [0.29, 0.717) is 23.5 Å². The highest BCUT2D eigenvalue weighted by molar-refractivity contribution is 5.93. The second-order valence-corrected chi connectivity index (χ2v) is 5.11. The molecule has 0 spiro atoms. The van der Waals surface area contributed by atoms with E-state index in [2.05, 4.69) is 0 Å². The quantitative estimate of drug-likeness (QED) is 0.818. The van der Waals surface area contributed by atoms with E-state index in [1.807, 2.05) is 37.3 Å². The zero-order chi connectivity index (χ0) is 15.0. The third-order valence-electron chi connectivity index (χ3n) is 3.68. The molecule has 1 aliphatic heterocycles. The lowest BCUT2D eigenvalue weighted by Gasteiger charge is -2.16. The Bertz CT molecular complexity index is 706. The topological polar surface area (TPSA) is 55.8 Å². The van der Waals surface area contributed by atoms with Gasteiger partial charge < -0.3 is 14.6 Å². The smallest absolute Gasteiger partial charge is 0.341 e. The van der Waals surface area contributed by atoms with Gasteiger partial charge in [-0.25, -0.2) is 4.79 Å². The first kappa shape index (κ1) is 13.6. The maximum absolute atomic E-state index is 11.9. The number of aryl methyl sites for hydroxylation is 1. The van der Waals surface area contributed by atoms with E-state index >= 15 is 0 Å². The van der Waals surface area contributed by atoms with Crippen LogP contribution in [0, 0.1) is 6.92 Å². The van der Waals surface area contributed by atoms with Crippen LogP contribution < -0.4 is 4.74 Å².